The molecule has 0 saturated heterocycles. The molecular formula is C9H12N2O2. The van der Waals surface area contributed by atoms with Crippen LogP contribution in [0.4, 0.5) is 16.2 Å². The Morgan fingerprint density at radius 2 is 2.23 bits per heavy atom. The van der Waals surface area contributed by atoms with Crippen molar-refractivity contribution in [2.24, 2.45) is 0 Å². The lowest BCUT2D eigenvalue weighted by Crippen LogP contribution is -2.12. The molecule has 0 aliphatic heterocycles. The molecule has 0 heterocycles. The average Bonchev–Trinajstić information content (AvgIpc) is 2.11. The van der Waals surface area contributed by atoms with Gasteiger partial charge in [-0.25, -0.2) is 4.79 Å². The SMILES string of the molecule is COC(=O)Nc1cc(N)ccc1C. The van der Waals surface area contributed by atoms with Crippen LogP contribution in [0, 0.1) is 6.92 Å². The smallest absolute Gasteiger partial charge is 0.411 e. The van der Waals surface area contributed by atoms with Crippen LogP contribution in [-0.2, 0) is 4.74 Å². The standard InChI is InChI=1S/C9H12N2O2/c1-6-3-4-7(10)5-8(6)11-9(12)13-2/h3-5H,10H2,1-2H3,(H,11,12). The molecule has 4 nitrogen and oxygen atoms in total. The molecule has 1 aromatic rings. The molecule has 0 atom stereocenters. The van der Waals surface area contributed by atoms with Gasteiger partial charge in [-0.1, -0.05) is 6.07 Å². The number of aryl methyl sites for hydroxylation is 1. The number of hydrogen-bond acceptors (Lipinski definition) is 3. The largest absolute Gasteiger partial charge is 0.453 e. The third-order valence-corrected chi connectivity index (χ3v) is 1.68. The Bertz CT molecular complexity index is 323. The van der Waals surface area contributed by atoms with Gasteiger partial charge in [0.25, 0.3) is 0 Å². The van der Waals surface area contributed by atoms with Crippen molar-refractivity contribution >= 4 is 17.5 Å². The number of nitrogen functional groups attached to an aromatic ring is 1. The van der Waals surface area contributed by atoms with Gasteiger partial charge >= 0.3 is 6.09 Å². The molecule has 0 unspecified atom stereocenters. The monoisotopic (exact) mass is 180 g/mol. The molecule has 0 fully saturated rings. The van der Waals surface area contributed by atoms with Crippen LogP contribution >= 0.6 is 0 Å². The van der Waals surface area contributed by atoms with Crippen LogP contribution in [0.15, 0.2) is 18.2 Å². The van der Waals surface area contributed by atoms with E-state index in [0.717, 1.165) is 5.56 Å². The van der Waals surface area contributed by atoms with Gasteiger partial charge in [-0.3, -0.25) is 5.32 Å². The van der Waals surface area contributed by atoms with Crippen molar-refractivity contribution in [3.8, 4) is 0 Å². The van der Waals surface area contributed by atoms with E-state index < -0.39 is 6.09 Å². The highest BCUT2D eigenvalue weighted by atomic mass is 16.5. The third-order valence-electron chi connectivity index (χ3n) is 1.68. The minimum Gasteiger partial charge on any atom is -0.453 e. The fourth-order valence-electron chi connectivity index (χ4n) is 0.935. The van der Waals surface area contributed by atoms with Crippen molar-refractivity contribution in [1.29, 1.82) is 0 Å². The number of benzene rings is 1. The molecule has 0 saturated carbocycles. The predicted molar refractivity (Wildman–Crippen MR) is 51.6 cm³/mol. The van der Waals surface area contributed by atoms with Crippen molar-refractivity contribution in [2.75, 3.05) is 18.2 Å². The second-order valence-corrected chi connectivity index (χ2v) is 2.69. The first-order valence-corrected chi connectivity index (χ1v) is 3.84. The molecule has 1 amide bonds. The summed E-state index contributed by atoms with van der Waals surface area (Å²) in [5.41, 5.74) is 7.78. The predicted octanol–water partition coefficient (Wildman–Crippen LogP) is 1.76. The van der Waals surface area contributed by atoms with E-state index in [-0.39, 0.29) is 0 Å². The van der Waals surface area contributed by atoms with E-state index in [9.17, 15) is 4.79 Å². The summed E-state index contributed by atoms with van der Waals surface area (Å²) in [4.78, 5) is 10.9. The second-order valence-electron chi connectivity index (χ2n) is 2.69. The highest BCUT2D eigenvalue weighted by molar-refractivity contribution is 5.86. The van der Waals surface area contributed by atoms with Gasteiger partial charge in [-0.15, -0.1) is 0 Å². The van der Waals surface area contributed by atoms with Crippen LogP contribution in [0.3, 0.4) is 0 Å². The Balaban J connectivity index is 2.87. The maximum absolute atomic E-state index is 10.9. The summed E-state index contributed by atoms with van der Waals surface area (Å²) >= 11 is 0. The molecule has 70 valence electrons. The van der Waals surface area contributed by atoms with E-state index in [2.05, 4.69) is 10.1 Å². The zero-order valence-corrected chi connectivity index (χ0v) is 7.63. The lowest BCUT2D eigenvalue weighted by atomic mass is 10.2. The normalized spacial score (nSPS) is 9.38. The van der Waals surface area contributed by atoms with E-state index >= 15 is 0 Å². The number of nitrogens with two attached hydrogens (primary N) is 1. The van der Waals surface area contributed by atoms with Gasteiger partial charge in [-0.05, 0) is 24.6 Å². The van der Waals surface area contributed by atoms with E-state index in [1.54, 1.807) is 12.1 Å². The molecular weight excluding hydrogens is 168 g/mol. The first-order valence-electron chi connectivity index (χ1n) is 3.84. The molecule has 1 aromatic carbocycles. The number of anilines is 2. The Hall–Kier alpha value is -1.71. The zero-order valence-electron chi connectivity index (χ0n) is 7.63. The topological polar surface area (TPSA) is 64.3 Å². The Morgan fingerprint density at radius 3 is 2.85 bits per heavy atom. The van der Waals surface area contributed by atoms with Crippen molar-refractivity contribution in [2.45, 2.75) is 6.92 Å². The van der Waals surface area contributed by atoms with Crippen LogP contribution < -0.4 is 11.1 Å². The first-order chi connectivity index (χ1) is 6.13. The van der Waals surface area contributed by atoms with Crippen molar-refractivity contribution in [1.82, 2.24) is 0 Å². The first kappa shape index (κ1) is 9.38. The summed E-state index contributed by atoms with van der Waals surface area (Å²) in [5, 5.41) is 2.56. The number of rotatable bonds is 1. The Kier molecular flexibility index (Phi) is 2.74. The van der Waals surface area contributed by atoms with Crippen molar-refractivity contribution < 1.29 is 9.53 Å². The lowest BCUT2D eigenvalue weighted by Gasteiger charge is -2.07. The van der Waals surface area contributed by atoms with Crippen LogP contribution in [0.5, 0.6) is 0 Å². The maximum Gasteiger partial charge on any atom is 0.411 e. The van der Waals surface area contributed by atoms with E-state index in [1.165, 1.54) is 7.11 Å². The molecule has 4 heteroatoms. The van der Waals surface area contributed by atoms with Crippen LogP contribution in [-0.4, -0.2) is 13.2 Å². The van der Waals surface area contributed by atoms with Gasteiger partial charge in [0.1, 0.15) is 0 Å². The number of amides is 1. The summed E-state index contributed by atoms with van der Waals surface area (Å²) in [6, 6.07) is 5.30. The summed E-state index contributed by atoms with van der Waals surface area (Å²) < 4.78 is 4.46. The van der Waals surface area contributed by atoms with Gasteiger partial charge in [0.2, 0.25) is 0 Å². The molecule has 0 bridgehead atoms. The third kappa shape index (κ3) is 2.37. The van der Waals surface area contributed by atoms with Crippen LogP contribution in [0.2, 0.25) is 0 Å². The number of carbonyl (C=O) groups is 1. The molecule has 0 aliphatic carbocycles. The van der Waals surface area contributed by atoms with Gasteiger partial charge in [0.05, 0.1) is 7.11 Å². The summed E-state index contributed by atoms with van der Waals surface area (Å²) in [5.74, 6) is 0. The van der Waals surface area contributed by atoms with E-state index in [0.29, 0.717) is 11.4 Å². The molecule has 0 radical (unpaired) electrons. The number of methoxy groups -OCH3 is 1. The molecule has 0 aromatic heterocycles. The molecule has 13 heavy (non-hydrogen) atoms. The van der Waals surface area contributed by atoms with Crippen LogP contribution in [0.25, 0.3) is 0 Å². The minimum atomic E-state index is -0.492. The molecule has 0 spiro atoms. The fraction of sp³-hybridized carbons (Fsp3) is 0.222. The number of nitrogens with one attached hydrogen (secondary N) is 1. The number of ether oxygens (including phenoxy) is 1. The molecule has 3 N–H and O–H groups in total. The van der Waals surface area contributed by atoms with Gasteiger partial charge in [0, 0.05) is 11.4 Å². The van der Waals surface area contributed by atoms with Crippen molar-refractivity contribution in [3.63, 3.8) is 0 Å². The molecule has 0 aliphatic rings. The highest BCUT2D eigenvalue weighted by Gasteiger charge is 2.03. The van der Waals surface area contributed by atoms with Gasteiger partial charge in [0.15, 0.2) is 0 Å². The molecule has 1 rings (SSSR count). The fourth-order valence-corrected chi connectivity index (χ4v) is 0.935. The lowest BCUT2D eigenvalue weighted by molar-refractivity contribution is 0.187. The number of hydrogen-bond donors (Lipinski definition) is 2. The van der Waals surface area contributed by atoms with Crippen molar-refractivity contribution in [3.05, 3.63) is 23.8 Å². The second kappa shape index (κ2) is 3.80. The summed E-state index contributed by atoms with van der Waals surface area (Å²) in [6.45, 7) is 1.88. The van der Waals surface area contributed by atoms with E-state index in [1.807, 2.05) is 13.0 Å². The van der Waals surface area contributed by atoms with Gasteiger partial charge in [-0.2, -0.15) is 0 Å². The zero-order chi connectivity index (χ0) is 9.84. The quantitative estimate of drug-likeness (QED) is 0.647. The minimum absolute atomic E-state index is 0.492. The van der Waals surface area contributed by atoms with Crippen LogP contribution in [0.1, 0.15) is 5.56 Å². The summed E-state index contributed by atoms with van der Waals surface area (Å²) in [7, 11) is 1.32. The highest BCUT2D eigenvalue weighted by Crippen LogP contribution is 2.17. The van der Waals surface area contributed by atoms with E-state index in [4.69, 9.17) is 5.73 Å². The number of carbonyl (C=O) groups excluding carboxylic acids is 1. The summed E-state index contributed by atoms with van der Waals surface area (Å²) in [6.07, 6.45) is -0.492. The Morgan fingerprint density at radius 1 is 1.54 bits per heavy atom. The maximum atomic E-state index is 10.9. The average molecular weight is 180 g/mol. The Labute approximate surface area is 76.7 Å². The van der Waals surface area contributed by atoms with Gasteiger partial charge < -0.3 is 10.5 Å².